The van der Waals surface area contributed by atoms with E-state index in [1.54, 1.807) is 30.8 Å². The number of amides is 1. The Morgan fingerprint density at radius 2 is 2.14 bits per heavy atom. The molecule has 14 heteroatoms. The Kier molecular flexibility index (Phi) is 6.39. The minimum atomic E-state index is -3.34. The Balaban J connectivity index is 1.85. The minimum Gasteiger partial charge on any atom is -0.342 e. The Hall–Kier alpha value is -4.07. The number of imidazole rings is 1. The summed E-state index contributed by atoms with van der Waals surface area (Å²) in [4.78, 5) is 23.3. The molecule has 182 valence electrons. The topological polar surface area (TPSA) is 138 Å². The summed E-state index contributed by atoms with van der Waals surface area (Å²) in [6.45, 7) is 4.28. The lowest BCUT2D eigenvalue weighted by Crippen LogP contribution is -2.44. The fourth-order valence-corrected chi connectivity index (χ4v) is 4.21. The molecule has 0 aliphatic carbocycles. The van der Waals surface area contributed by atoms with Crippen LogP contribution in [0.5, 0.6) is 0 Å². The van der Waals surface area contributed by atoms with Crippen molar-refractivity contribution >= 4 is 35.1 Å². The number of rotatable bonds is 7. The van der Waals surface area contributed by atoms with Crippen LogP contribution in [-0.4, -0.2) is 60.8 Å². The average Bonchev–Trinajstić information content (AvgIpc) is 3.55. The molecule has 0 saturated heterocycles. The minimum absolute atomic E-state index is 0.0241. The number of nitrogens with zero attached hydrogens (tertiary/aromatic N) is 7. The summed E-state index contributed by atoms with van der Waals surface area (Å²) in [5.41, 5.74) is 1.22. The fraction of sp³-hybridized carbons (Fsp3) is 0.286. The Labute approximate surface area is 202 Å². The molecule has 0 bridgehead atoms. The number of thiophene rings is 1. The normalized spacial score (nSPS) is 12.9. The molecule has 0 unspecified atom stereocenters. The number of pyridine rings is 1. The largest absolute Gasteiger partial charge is 0.342 e. The van der Waals surface area contributed by atoms with Gasteiger partial charge in [0, 0.05) is 25.0 Å². The highest BCUT2D eigenvalue weighted by molar-refractivity contribution is 7.15. The first-order valence-corrected chi connectivity index (χ1v) is 11.2. The van der Waals surface area contributed by atoms with E-state index in [-0.39, 0.29) is 17.1 Å². The lowest BCUT2D eigenvalue weighted by Gasteiger charge is -2.16. The van der Waals surface area contributed by atoms with Gasteiger partial charge < -0.3 is 10.6 Å². The van der Waals surface area contributed by atoms with Gasteiger partial charge in [0.05, 0.1) is 34.7 Å². The van der Waals surface area contributed by atoms with Gasteiger partial charge in [-0.3, -0.25) is 19.6 Å². The van der Waals surface area contributed by atoms with E-state index in [9.17, 15) is 13.6 Å². The summed E-state index contributed by atoms with van der Waals surface area (Å²) in [7, 11) is 1.55. The fourth-order valence-electron chi connectivity index (χ4n) is 3.34. The van der Waals surface area contributed by atoms with E-state index in [0.29, 0.717) is 18.3 Å². The smallest absolute Gasteiger partial charge is 0.305 e. The van der Waals surface area contributed by atoms with Crippen LogP contribution in [0.4, 0.5) is 8.78 Å². The highest BCUT2D eigenvalue weighted by Gasteiger charge is 2.33. The van der Waals surface area contributed by atoms with Crippen LogP contribution in [0.3, 0.4) is 0 Å². The van der Waals surface area contributed by atoms with Gasteiger partial charge in [-0.25, -0.2) is 4.98 Å². The van der Waals surface area contributed by atoms with E-state index in [2.05, 4.69) is 36.1 Å². The molecule has 0 fully saturated rings. The summed E-state index contributed by atoms with van der Waals surface area (Å²) in [5.74, 6) is -4.53. The first kappa shape index (κ1) is 24.1. The maximum absolute atomic E-state index is 14.2. The molecule has 11 nitrogen and oxygen atoms in total. The van der Waals surface area contributed by atoms with Gasteiger partial charge >= 0.3 is 5.92 Å². The lowest BCUT2D eigenvalue weighted by atomic mass is 10.2. The summed E-state index contributed by atoms with van der Waals surface area (Å²) < 4.78 is 31.0. The number of hydrogen-bond acceptors (Lipinski definition) is 8. The predicted octanol–water partition coefficient (Wildman–Crippen LogP) is 2.80. The standard InChI is InChI=1S/C21H22F2N10OS/c1-11-5-6-16(35-11)15-8-26-18-14(33-20(21(3,22)23)29-30-31-33)7-13(9-32(15)18)19(34)28-12(2)17(24)27-10-25-4/h5-10,12H,1-4H3,(H,28,34)(H2,24,25,27)/t12-/m0/s1. The molecule has 1 atom stereocenters. The summed E-state index contributed by atoms with van der Waals surface area (Å²) in [5, 5.41) is 24.0. The number of fused-ring (bicyclic) bond motifs is 1. The maximum Gasteiger partial charge on any atom is 0.305 e. The number of aliphatic imine (C=N–C) groups is 1. The second-order valence-electron chi connectivity index (χ2n) is 7.80. The highest BCUT2D eigenvalue weighted by Crippen LogP contribution is 2.32. The third-order valence-electron chi connectivity index (χ3n) is 5.06. The molecule has 4 aromatic heterocycles. The van der Waals surface area contributed by atoms with E-state index in [4.69, 9.17) is 5.41 Å². The summed E-state index contributed by atoms with van der Waals surface area (Å²) in [6, 6.07) is 4.59. The molecule has 0 aromatic carbocycles. The van der Waals surface area contributed by atoms with Crippen LogP contribution in [0.15, 0.2) is 35.6 Å². The molecule has 0 spiro atoms. The maximum atomic E-state index is 14.2. The van der Waals surface area contributed by atoms with E-state index in [1.807, 2.05) is 19.1 Å². The zero-order valence-electron chi connectivity index (χ0n) is 19.2. The van der Waals surface area contributed by atoms with E-state index in [0.717, 1.165) is 14.4 Å². The van der Waals surface area contributed by atoms with Gasteiger partial charge in [0.25, 0.3) is 5.91 Å². The predicted molar refractivity (Wildman–Crippen MR) is 128 cm³/mol. The average molecular weight is 501 g/mol. The molecule has 1 amide bonds. The number of hydrogen-bond donors (Lipinski definition) is 3. The molecule has 0 aliphatic rings. The second-order valence-corrected chi connectivity index (χ2v) is 9.09. The molecule has 4 heterocycles. The molecular formula is C21H22F2N10OS. The Morgan fingerprint density at radius 3 is 2.80 bits per heavy atom. The quantitative estimate of drug-likeness (QED) is 0.264. The zero-order chi connectivity index (χ0) is 25.3. The van der Waals surface area contributed by atoms with Gasteiger partial charge in [0.15, 0.2) is 5.65 Å². The molecule has 4 rings (SSSR count). The van der Waals surface area contributed by atoms with Crippen molar-refractivity contribution in [1.82, 2.24) is 40.2 Å². The number of carbonyl (C=O) groups is 1. The second kappa shape index (κ2) is 9.29. The number of carbonyl (C=O) groups excluding carboxylic acids is 1. The van der Waals surface area contributed by atoms with Crippen LogP contribution in [0.25, 0.3) is 21.9 Å². The number of aromatic nitrogens is 6. The van der Waals surface area contributed by atoms with Gasteiger partial charge in [0.1, 0.15) is 11.5 Å². The molecule has 35 heavy (non-hydrogen) atoms. The zero-order valence-corrected chi connectivity index (χ0v) is 20.1. The first-order chi connectivity index (χ1) is 16.6. The number of tetrazole rings is 1. The van der Waals surface area contributed by atoms with Gasteiger partial charge in [-0.1, -0.05) is 0 Å². The van der Waals surface area contributed by atoms with Crippen LogP contribution in [0, 0.1) is 12.3 Å². The molecule has 3 N–H and O–H groups in total. The molecular weight excluding hydrogens is 478 g/mol. The summed E-state index contributed by atoms with van der Waals surface area (Å²) >= 11 is 1.53. The number of amidine groups is 1. The lowest BCUT2D eigenvalue weighted by molar-refractivity contribution is 0.00530. The Morgan fingerprint density at radius 1 is 1.37 bits per heavy atom. The van der Waals surface area contributed by atoms with Crippen molar-refractivity contribution in [3.63, 3.8) is 0 Å². The molecule has 0 radical (unpaired) electrons. The van der Waals surface area contributed by atoms with Crippen LogP contribution in [-0.2, 0) is 5.92 Å². The van der Waals surface area contributed by atoms with Crippen molar-refractivity contribution in [3.8, 4) is 16.3 Å². The van der Waals surface area contributed by atoms with Crippen molar-refractivity contribution in [2.45, 2.75) is 32.7 Å². The third-order valence-corrected chi connectivity index (χ3v) is 6.08. The number of alkyl halides is 2. The molecule has 4 aromatic rings. The van der Waals surface area contributed by atoms with Crippen molar-refractivity contribution in [2.24, 2.45) is 4.99 Å². The van der Waals surface area contributed by atoms with Gasteiger partial charge in [-0.15, -0.1) is 16.4 Å². The van der Waals surface area contributed by atoms with Crippen molar-refractivity contribution < 1.29 is 13.6 Å². The SMILES string of the molecule is C/N=C\NC(=N)[C@H](C)NC(=O)c1cc(-n2nnnc2C(C)(F)F)c2ncc(-c3ccc(C)s3)n2c1. The van der Waals surface area contributed by atoms with Gasteiger partial charge in [-0.05, 0) is 42.5 Å². The highest BCUT2D eigenvalue weighted by atomic mass is 32.1. The van der Waals surface area contributed by atoms with Gasteiger partial charge in [0.2, 0.25) is 5.82 Å². The van der Waals surface area contributed by atoms with Gasteiger partial charge in [-0.2, -0.15) is 13.5 Å². The third kappa shape index (κ3) is 4.77. The van der Waals surface area contributed by atoms with Crippen molar-refractivity contribution in [2.75, 3.05) is 7.05 Å². The Bertz CT molecular complexity index is 1430. The van der Waals surface area contributed by atoms with Crippen LogP contribution in [0.1, 0.15) is 34.9 Å². The molecule has 0 saturated carbocycles. The number of nitrogens with one attached hydrogen (secondary N) is 3. The van der Waals surface area contributed by atoms with Crippen LogP contribution < -0.4 is 10.6 Å². The summed E-state index contributed by atoms with van der Waals surface area (Å²) in [6.07, 6.45) is 4.50. The molecule has 0 aliphatic heterocycles. The van der Waals surface area contributed by atoms with Crippen LogP contribution >= 0.6 is 11.3 Å². The number of halogens is 2. The van der Waals surface area contributed by atoms with Crippen molar-refractivity contribution in [3.05, 3.63) is 46.9 Å². The van der Waals surface area contributed by atoms with E-state index in [1.165, 1.54) is 23.7 Å². The monoisotopic (exact) mass is 500 g/mol. The first-order valence-electron chi connectivity index (χ1n) is 10.4. The van der Waals surface area contributed by atoms with Crippen LogP contribution in [0.2, 0.25) is 0 Å². The number of aryl methyl sites for hydroxylation is 1. The van der Waals surface area contributed by atoms with Crippen molar-refractivity contribution in [1.29, 1.82) is 5.41 Å². The van der Waals surface area contributed by atoms with E-state index < -0.39 is 23.7 Å². The van der Waals surface area contributed by atoms with E-state index >= 15 is 0 Å².